The van der Waals surface area contributed by atoms with Gasteiger partial charge in [0.15, 0.2) is 5.13 Å². The molecule has 0 fully saturated rings. The first-order chi connectivity index (χ1) is 11.7. The molecule has 0 aliphatic rings. The Labute approximate surface area is 144 Å². The molecule has 122 valence electrons. The van der Waals surface area contributed by atoms with Crippen molar-refractivity contribution in [2.75, 3.05) is 12.4 Å². The van der Waals surface area contributed by atoms with Gasteiger partial charge < -0.3 is 10.1 Å². The number of nitrogens with one attached hydrogen (secondary N) is 1. The van der Waals surface area contributed by atoms with E-state index in [4.69, 9.17) is 4.74 Å². The Kier molecular flexibility index (Phi) is 4.86. The van der Waals surface area contributed by atoms with Crippen LogP contribution in [0, 0.1) is 6.92 Å². The lowest BCUT2D eigenvalue weighted by molar-refractivity contribution is -0.115. The fourth-order valence-corrected chi connectivity index (χ4v) is 3.11. The van der Waals surface area contributed by atoms with Gasteiger partial charge in [0.05, 0.1) is 19.2 Å². The molecule has 2 heterocycles. The van der Waals surface area contributed by atoms with Gasteiger partial charge in [-0.05, 0) is 36.2 Å². The second kappa shape index (κ2) is 7.23. The quantitative estimate of drug-likeness (QED) is 0.770. The summed E-state index contributed by atoms with van der Waals surface area (Å²) < 4.78 is 5.23. The number of ether oxygens (including phenoxy) is 1. The van der Waals surface area contributed by atoms with Crippen LogP contribution in [0.4, 0.5) is 5.13 Å². The predicted octanol–water partition coefficient (Wildman–Crippen LogP) is 3.70. The van der Waals surface area contributed by atoms with Crippen molar-refractivity contribution < 1.29 is 9.53 Å². The van der Waals surface area contributed by atoms with E-state index < -0.39 is 0 Å². The van der Waals surface area contributed by atoms with Crippen molar-refractivity contribution in [2.24, 2.45) is 0 Å². The summed E-state index contributed by atoms with van der Waals surface area (Å²) in [7, 11) is 1.64. The van der Waals surface area contributed by atoms with Crippen LogP contribution in [-0.4, -0.2) is 23.0 Å². The molecule has 0 spiro atoms. The highest BCUT2D eigenvalue weighted by Gasteiger charge is 2.10. The molecule has 24 heavy (non-hydrogen) atoms. The molecule has 0 aliphatic heterocycles. The first-order valence-corrected chi connectivity index (χ1v) is 8.33. The Balaban J connectivity index is 1.65. The van der Waals surface area contributed by atoms with Gasteiger partial charge in [-0.3, -0.25) is 9.78 Å². The van der Waals surface area contributed by atoms with E-state index in [0.717, 1.165) is 28.1 Å². The van der Waals surface area contributed by atoms with Crippen molar-refractivity contribution >= 4 is 22.4 Å². The van der Waals surface area contributed by atoms with Crippen molar-refractivity contribution in [1.82, 2.24) is 9.97 Å². The zero-order chi connectivity index (χ0) is 16.9. The van der Waals surface area contributed by atoms with E-state index in [1.54, 1.807) is 19.5 Å². The SMILES string of the molecule is COc1ccc(CC(=O)Nc2nc(-c3cccnc3)cs2)cc1C. The molecule has 3 aromatic rings. The Morgan fingerprint density at radius 2 is 2.21 bits per heavy atom. The van der Waals surface area contributed by atoms with Gasteiger partial charge in [0, 0.05) is 23.3 Å². The number of hydrogen-bond donors (Lipinski definition) is 1. The molecule has 0 unspecified atom stereocenters. The number of aryl methyl sites for hydroxylation is 1. The Bertz CT molecular complexity index is 846. The number of rotatable bonds is 5. The van der Waals surface area contributed by atoms with E-state index in [-0.39, 0.29) is 5.91 Å². The third-order valence-corrected chi connectivity index (χ3v) is 4.29. The number of carbonyl (C=O) groups is 1. The number of amides is 1. The van der Waals surface area contributed by atoms with Crippen molar-refractivity contribution in [3.63, 3.8) is 0 Å². The van der Waals surface area contributed by atoms with Crippen LogP contribution < -0.4 is 10.1 Å². The third-order valence-electron chi connectivity index (χ3n) is 3.53. The minimum Gasteiger partial charge on any atom is -0.496 e. The van der Waals surface area contributed by atoms with E-state index >= 15 is 0 Å². The highest BCUT2D eigenvalue weighted by atomic mass is 32.1. The van der Waals surface area contributed by atoms with Crippen LogP contribution in [0.3, 0.4) is 0 Å². The fraction of sp³-hybridized carbons (Fsp3) is 0.167. The van der Waals surface area contributed by atoms with Gasteiger partial charge in [-0.15, -0.1) is 11.3 Å². The normalized spacial score (nSPS) is 10.4. The minimum absolute atomic E-state index is 0.0911. The standard InChI is InChI=1S/C18H17N3O2S/c1-12-8-13(5-6-16(12)23-2)9-17(22)21-18-20-15(11-24-18)14-4-3-7-19-10-14/h3-8,10-11H,9H2,1-2H3,(H,20,21,22). The molecule has 2 aromatic heterocycles. The largest absolute Gasteiger partial charge is 0.496 e. The summed E-state index contributed by atoms with van der Waals surface area (Å²) in [4.78, 5) is 20.7. The van der Waals surface area contributed by atoms with Crippen LogP contribution in [0.1, 0.15) is 11.1 Å². The van der Waals surface area contributed by atoms with Gasteiger partial charge in [0.2, 0.25) is 5.91 Å². The number of methoxy groups -OCH3 is 1. The van der Waals surface area contributed by atoms with Gasteiger partial charge >= 0.3 is 0 Å². The molecule has 1 N–H and O–H groups in total. The summed E-state index contributed by atoms with van der Waals surface area (Å²) in [5.41, 5.74) is 3.69. The maximum absolute atomic E-state index is 12.2. The number of carbonyl (C=O) groups excluding carboxylic acids is 1. The van der Waals surface area contributed by atoms with Crippen molar-refractivity contribution in [3.05, 3.63) is 59.2 Å². The predicted molar refractivity (Wildman–Crippen MR) is 95.4 cm³/mol. The van der Waals surface area contributed by atoms with Crippen LogP contribution in [-0.2, 0) is 11.2 Å². The molecule has 0 saturated carbocycles. The van der Waals surface area contributed by atoms with Crippen LogP contribution in [0.2, 0.25) is 0 Å². The van der Waals surface area contributed by atoms with E-state index in [9.17, 15) is 4.79 Å². The molecule has 1 amide bonds. The Hall–Kier alpha value is -2.73. The highest BCUT2D eigenvalue weighted by molar-refractivity contribution is 7.14. The lowest BCUT2D eigenvalue weighted by Crippen LogP contribution is -2.14. The zero-order valence-corrected chi connectivity index (χ0v) is 14.3. The molecule has 0 radical (unpaired) electrons. The number of thiazole rings is 1. The summed E-state index contributed by atoms with van der Waals surface area (Å²) in [6.45, 7) is 1.96. The van der Waals surface area contributed by atoms with Crippen molar-refractivity contribution in [1.29, 1.82) is 0 Å². The number of aromatic nitrogens is 2. The third kappa shape index (κ3) is 3.78. The summed E-state index contributed by atoms with van der Waals surface area (Å²) in [6.07, 6.45) is 3.77. The lowest BCUT2D eigenvalue weighted by atomic mass is 10.1. The average Bonchev–Trinajstić information content (AvgIpc) is 3.04. The van der Waals surface area contributed by atoms with E-state index in [2.05, 4.69) is 15.3 Å². The molecular formula is C18H17N3O2S. The van der Waals surface area contributed by atoms with Crippen molar-refractivity contribution in [3.8, 4) is 17.0 Å². The van der Waals surface area contributed by atoms with Crippen LogP contribution in [0.15, 0.2) is 48.1 Å². The summed E-state index contributed by atoms with van der Waals surface area (Å²) in [5, 5.41) is 5.34. The van der Waals surface area contributed by atoms with Gasteiger partial charge in [0.25, 0.3) is 0 Å². The maximum Gasteiger partial charge on any atom is 0.230 e. The van der Waals surface area contributed by atoms with E-state index in [1.807, 2.05) is 42.6 Å². The molecule has 5 nitrogen and oxygen atoms in total. The molecular weight excluding hydrogens is 322 g/mol. The van der Waals surface area contributed by atoms with E-state index in [1.165, 1.54) is 11.3 Å². The molecule has 0 bridgehead atoms. The number of benzene rings is 1. The average molecular weight is 339 g/mol. The summed E-state index contributed by atoms with van der Waals surface area (Å²) in [6, 6.07) is 9.53. The van der Waals surface area contributed by atoms with Gasteiger partial charge in [-0.1, -0.05) is 12.1 Å². The summed E-state index contributed by atoms with van der Waals surface area (Å²) >= 11 is 1.40. The smallest absolute Gasteiger partial charge is 0.230 e. The van der Waals surface area contributed by atoms with Gasteiger partial charge in [0.1, 0.15) is 5.75 Å². The number of nitrogens with zero attached hydrogens (tertiary/aromatic N) is 2. The highest BCUT2D eigenvalue weighted by Crippen LogP contribution is 2.24. The van der Waals surface area contributed by atoms with Crippen LogP contribution in [0.5, 0.6) is 5.75 Å². The number of anilines is 1. The molecule has 0 atom stereocenters. The van der Waals surface area contributed by atoms with Gasteiger partial charge in [-0.25, -0.2) is 4.98 Å². The topological polar surface area (TPSA) is 64.1 Å². The molecule has 3 rings (SSSR count). The molecule has 6 heteroatoms. The van der Waals surface area contributed by atoms with E-state index in [0.29, 0.717) is 11.6 Å². The minimum atomic E-state index is -0.0911. The Morgan fingerprint density at radius 3 is 2.92 bits per heavy atom. The zero-order valence-electron chi connectivity index (χ0n) is 13.4. The first-order valence-electron chi connectivity index (χ1n) is 7.45. The van der Waals surface area contributed by atoms with Crippen LogP contribution >= 0.6 is 11.3 Å². The molecule has 0 saturated heterocycles. The number of hydrogen-bond acceptors (Lipinski definition) is 5. The second-order valence-electron chi connectivity index (χ2n) is 5.31. The van der Waals surface area contributed by atoms with Crippen molar-refractivity contribution in [2.45, 2.75) is 13.3 Å². The second-order valence-corrected chi connectivity index (χ2v) is 6.17. The Morgan fingerprint density at radius 1 is 1.33 bits per heavy atom. The van der Waals surface area contributed by atoms with Gasteiger partial charge in [-0.2, -0.15) is 0 Å². The number of pyridine rings is 1. The molecule has 0 aliphatic carbocycles. The lowest BCUT2D eigenvalue weighted by Gasteiger charge is -2.07. The fourth-order valence-electron chi connectivity index (χ4n) is 2.38. The molecule has 1 aromatic carbocycles. The first kappa shape index (κ1) is 16.1. The van der Waals surface area contributed by atoms with Crippen LogP contribution in [0.25, 0.3) is 11.3 Å². The summed E-state index contributed by atoms with van der Waals surface area (Å²) in [5.74, 6) is 0.729. The maximum atomic E-state index is 12.2. The monoisotopic (exact) mass is 339 g/mol.